The molecule has 1 heterocycles. The summed E-state index contributed by atoms with van der Waals surface area (Å²) in [5.41, 5.74) is 1.02. The fourth-order valence-electron chi connectivity index (χ4n) is 1.67. The van der Waals surface area contributed by atoms with Gasteiger partial charge < -0.3 is 4.90 Å². The molecule has 0 aliphatic carbocycles. The fourth-order valence-corrected chi connectivity index (χ4v) is 1.79. The molecular formula is C14H12ClN3. The molecule has 90 valence electrons. The smallest absolute Gasteiger partial charge is 0.133 e. The van der Waals surface area contributed by atoms with Crippen LogP contribution in [0.15, 0.2) is 48.7 Å². The van der Waals surface area contributed by atoms with Crippen molar-refractivity contribution in [3.05, 3.63) is 53.7 Å². The topological polar surface area (TPSA) is 39.9 Å². The van der Waals surface area contributed by atoms with Gasteiger partial charge in [-0.2, -0.15) is 5.26 Å². The van der Waals surface area contributed by atoms with Gasteiger partial charge in [0.25, 0.3) is 0 Å². The number of hydrogen-bond acceptors (Lipinski definition) is 3. The van der Waals surface area contributed by atoms with Gasteiger partial charge in [0, 0.05) is 18.4 Å². The summed E-state index contributed by atoms with van der Waals surface area (Å²) in [7, 11) is 0. The minimum atomic E-state index is 0.444. The fraction of sp³-hybridized carbons (Fsp3) is 0.143. The second kappa shape index (κ2) is 6.04. The maximum absolute atomic E-state index is 8.73. The monoisotopic (exact) mass is 257 g/mol. The summed E-state index contributed by atoms with van der Waals surface area (Å²) in [4.78, 5) is 6.29. The molecule has 0 bridgehead atoms. The largest absolute Gasteiger partial charge is 0.325 e. The third-order valence-corrected chi connectivity index (χ3v) is 2.73. The summed E-state index contributed by atoms with van der Waals surface area (Å²) >= 11 is 5.83. The van der Waals surface area contributed by atoms with E-state index < -0.39 is 0 Å². The van der Waals surface area contributed by atoms with Crippen molar-refractivity contribution in [1.82, 2.24) is 4.98 Å². The molecule has 0 N–H and O–H groups in total. The first kappa shape index (κ1) is 12.4. The molecule has 0 unspecified atom stereocenters. The van der Waals surface area contributed by atoms with Gasteiger partial charge in [-0.15, -0.1) is 0 Å². The van der Waals surface area contributed by atoms with Crippen LogP contribution in [0.2, 0.25) is 5.02 Å². The normalized spacial score (nSPS) is 9.78. The van der Waals surface area contributed by atoms with Crippen LogP contribution in [0.25, 0.3) is 0 Å². The Morgan fingerprint density at radius 2 is 1.94 bits per heavy atom. The summed E-state index contributed by atoms with van der Waals surface area (Å²) in [5.74, 6) is 0.792. The quantitative estimate of drug-likeness (QED) is 0.837. The Hall–Kier alpha value is -2.05. The molecule has 0 spiro atoms. The molecule has 0 saturated heterocycles. The van der Waals surface area contributed by atoms with Crippen LogP contribution in [0.3, 0.4) is 0 Å². The zero-order chi connectivity index (χ0) is 12.8. The zero-order valence-corrected chi connectivity index (χ0v) is 10.5. The van der Waals surface area contributed by atoms with Crippen molar-refractivity contribution < 1.29 is 0 Å². The standard InChI is InChI=1S/C14H12ClN3/c15-12-7-8-14(17-11-12)18(10-4-9-16)13-5-2-1-3-6-13/h1-3,5-8,11H,4,10H2. The van der Waals surface area contributed by atoms with Crippen LogP contribution in [0.5, 0.6) is 0 Å². The zero-order valence-electron chi connectivity index (χ0n) is 9.75. The van der Waals surface area contributed by atoms with E-state index in [4.69, 9.17) is 16.9 Å². The van der Waals surface area contributed by atoms with Gasteiger partial charge in [-0.1, -0.05) is 29.8 Å². The van der Waals surface area contributed by atoms with E-state index in [9.17, 15) is 0 Å². The Balaban J connectivity index is 2.31. The van der Waals surface area contributed by atoms with Crippen molar-refractivity contribution in [2.75, 3.05) is 11.4 Å². The molecule has 0 radical (unpaired) electrons. The maximum Gasteiger partial charge on any atom is 0.133 e. The van der Waals surface area contributed by atoms with E-state index in [1.54, 1.807) is 12.3 Å². The van der Waals surface area contributed by atoms with Crippen molar-refractivity contribution in [2.45, 2.75) is 6.42 Å². The average Bonchev–Trinajstić information content (AvgIpc) is 2.42. The van der Waals surface area contributed by atoms with Crippen molar-refractivity contribution >= 4 is 23.1 Å². The number of aromatic nitrogens is 1. The van der Waals surface area contributed by atoms with Crippen molar-refractivity contribution in [1.29, 1.82) is 5.26 Å². The lowest BCUT2D eigenvalue weighted by atomic mass is 10.2. The van der Waals surface area contributed by atoms with Gasteiger partial charge in [-0.3, -0.25) is 0 Å². The van der Waals surface area contributed by atoms with Gasteiger partial charge in [-0.05, 0) is 24.3 Å². The minimum absolute atomic E-state index is 0.444. The minimum Gasteiger partial charge on any atom is -0.325 e. The van der Waals surface area contributed by atoms with Gasteiger partial charge in [0.05, 0.1) is 17.5 Å². The second-order valence-corrected chi connectivity index (χ2v) is 4.17. The van der Waals surface area contributed by atoms with Crippen LogP contribution in [0.4, 0.5) is 11.5 Å². The first-order valence-corrected chi connectivity index (χ1v) is 6.00. The summed E-state index contributed by atoms with van der Waals surface area (Å²) < 4.78 is 0. The van der Waals surface area contributed by atoms with E-state index >= 15 is 0 Å². The molecule has 1 aromatic carbocycles. The molecule has 0 fully saturated rings. The van der Waals surface area contributed by atoms with Crippen LogP contribution < -0.4 is 4.90 Å². The summed E-state index contributed by atoms with van der Waals surface area (Å²) in [6.07, 6.45) is 2.05. The number of halogens is 1. The first-order valence-electron chi connectivity index (χ1n) is 5.62. The molecule has 3 nitrogen and oxygen atoms in total. The highest BCUT2D eigenvalue weighted by Gasteiger charge is 2.09. The number of para-hydroxylation sites is 1. The molecule has 0 saturated carbocycles. The van der Waals surface area contributed by atoms with E-state index in [1.807, 2.05) is 41.3 Å². The predicted octanol–water partition coefficient (Wildman–Crippen LogP) is 3.79. The lowest BCUT2D eigenvalue weighted by molar-refractivity contribution is 0.927. The molecule has 0 amide bonds. The Labute approximate surface area is 111 Å². The highest BCUT2D eigenvalue weighted by molar-refractivity contribution is 6.30. The van der Waals surface area contributed by atoms with Crippen LogP contribution in [-0.2, 0) is 0 Å². The summed E-state index contributed by atoms with van der Waals surface area (Å²) in [6, 6.07) is 15.7. The van der Waals surface area contributed by atoms with Crippen LogP contribution >= 0.6 is 11.6 Å². The van der Waals surface area contributed by atoms with Crippen LogP contribution in [0, 0.1) is 11.3 Å². The first-order chi connectivity index (χ1) is 8.81. The average molecular weight is 258 g/mol. The Bertz CT molecular complexity index is 531. The number of anilines is 2. The van der Waals surface area contributed by atoms with Crippen molar-refractivity contribution in [2.24, 2.45) is 0 Å². The third kappa shape index (κ3) is 2.99. The molecule has 2 aromatic rings. The van der Waals surface area contributed by atoms with Gasteiger partial charge in [0.15, 0.2) is 0 Å². The molecule has 1 aromatic heterocycles. The van der Waals surface area contributed by atoms with Crippen LogP contribution in [-0.4, -0.2) is 11.5 Å². The van der Waals surface area contributed by atoms with Crippen molar-refractivity contribution in [3.63, 3.8) is 0 Å². The molecular weight excluding hydrogens is 246 g/mol. The van der Waals surface area contributed by atoms with E-state index in [-0.39, 0.29) is 0 Å². The van der Waals surface area contributed by atoms with Crippen LogP contribution in [0.1, 0.15) is 6.42 Å². The molecule has 0 aliphatic rings. The Kier molecular flexibility index (Phi) is 4.16. The number of hydrogen-bond donors (Lipinski definition) is 0. The van der Waals surface area contributed by atoms with Gasteiger partial charge in [0.2, 0.25) is 0 Å². The highest BCUT2D eigenvalue weighted by Crippen LogP contribution is 2.24. The summed E-state index contributed by atoms with van der Waals surface area (Å²) in [5, 5.41) is 9.34. The summed E-state index contributed by atoms with van der Waals surface area (Å²) in [6.45, 7) is 0.606. The van der Waals surface area contributed by atoms with E-state index in [1.165, 1.54) is 0 Å². The number of nitriles is 1. The van der Waals surface area contributed by atoms with E-state index in [0.717, 1.165) is 11.5 Å². The Morgan fingerprint density at radius 1 is 1.17 bits per heavy atom. The van der Waals surface area contributed by atoms with Gasteiger partial charge in [-0.25, -0.2) is 4.98 Å². The van der Waals surface area contributed by atoms with E-state index in [0.29, 0.717) is 18.0 Å². The maximum atomic E-state index is 8.73. The number of nitrogens with zero attached hydrogens (tertiary/aromatic N) is 3. The lowest BCUT2D eigenvalue weighted by Gasteiger charge is -2.22. The molecule has 2 rings (SSSR count). The number of pyridine rings is 1. The second-order valence-electron chi connectivity index (χ2n) is 3.73. The molecule has 0 aliphatic heterocycles. The Morgan fingerprint density at radius 3 is 2.56 bits per heavy atom. The van der Waals surface area contributed by atoms with Gasteiger partial charge >= 0.3 is 0 Å². The predicted molar refractivity (Wildman–Crippen MR) is 72.9 cm³/mol. The number of benzene rings is 1. The third-order valence-electron chi connectivity index (χ3n) is 2.50. The highest BCUT2D eigenvalue weighted by atomic mass is 35.5. The molecule has 18 heavy (non-hydrogen) atoms. The molecule has 4 heteroatoms. The lowest BCUT2D eigenvalue weighted by Crippen LogP contribution is -2.19. The number of rotatable bonds is 4. The van der Waals surface area contributed by atoms with Crippen molar-refractivity contribution in [3.8, 4) is 6.07 Å². The van der Waals surface area contributed by atoms with Gasteiger partial charge in [0.1, 0.15) is 5.82 Å². The SMILES string of the molecule is N#CCCN(c1ccccc1)c1ccc(Cl)cn1. The molecule has 0 atom stereocenters. The van der Waals surface area contributed by atoms with E-state index in [2.05, 4.69) is 11.1 Å².